The number of aromatic nitrogens is 2. The number of anilines is 2. The number of alkyl halides is 3. The molecule has 1 heterocycles. The molecular weight excluding hydrogens is 273 g/mol. The molecule has 0 saturated heterocycles. The van der Waals surface area contributed by atoms with E-state index in [1.807, 2.05) is 0 Å². The molecule has 1 aromatic heterocycles. The SMILES string of the molecule is Nc1ccc2ncnc(NCCOCC(F)(F)F)c2c1. The number of nitrogens with two attached hydrogens (primary N) is 1. The number of nitrogen functional groups attached to an aromatic ring is 1. The first kappa shape index (κ1) is 14.3. The molecule has 0 radical (unpaired) electrons. The van der Waals surface area contributed by atoms with Crippen molar-refractivity contribution in [2.75, 3.05) is 30.8 Å². The minimum absolute atomic E-state index is 0.0761. The molecule has 108 valence electrons. The molecule has 0 spiro atoms. The molecule has 20 heavy (non-hydrogen) atoms. The van der Waals surface area contributed by atoms with Crippen molar-refractivity contribution in [2.24, 2.45) is 0 Å². The Morgan fingerprint density at radius 1 is 1.25 bits per heavy atom. The highest BCUT2D eigenvalue weighted by atomic mass is 19.4. The molecule has 2 rings (SSSR count). The summed E-state index contributed by atoms with van der Waals surface area (Å²) in [7, 11) is 0. The van der Waals surface area contributed by atoms with Crippen LogP contribution in [0.2, 0.25) is 0 Å². The molecule has 5 nitrogen and oxygen atoms in total. The van der Waals surface area contributed by atoms with Gasteiger partial charge in [-0.3, -0.25) is 0 Å². The number of halogens is 3. The normalized spacial score (nSPS) is 11.8. The first-order valence-corrected chi connectivity index (χ1v) is 5.84. The van der Waals surface area contributed by atoms with Crippen molar-refractivity contribution in [3.8, 4) is 0 Å². The Kier molecular flexibility index (Phi) is 4.23. The maximum absolute atomic E-state index is 11.9. The fourth-order valence-electron chi connectivity index (χ4n) is 1.64. The molecule has 2 aromatic rings. The third-order valence-electron chi connectivity index (χ3n) is 2.46. The first-order chi connectivity index (χ1) is 9.46. The van der Waals surface area contributed by atoms with Gasteiger partial charge in [-0.15, -0.1) is 0 Å². The predicted octanol–water partition coefficient (Wildman–Crippen LogP) is 2.20. The van der Waals surface area contributed by atoms with Crippen molar-refractivity contribution in [3.05, 3.63) is 24.5 Å². The quantitative estimate of drug-likeness (QED) is 0.651. The van der Waals surface area contributed by atoms with E-state index in [4.69, 9.17) is 5.73 Å². The predicted molar refractivity (Wildman–Crippen MR) is 69.3 cm³/mol. The average Bonchev–Trinajstić information content (AvgIpc) is 2.37. The largest absolute Gasteiger partial charge is 0.411 e. The molecule has 0 aliphatic rings. The summed E-state index contributed by atoms with van der Waals surface area (Å²) >= 11 is 0. The van der Waals surface area contributed by atoms with Crippen LogP contribution in [0.3, 0.4) is 0 Å². The lowest BCUT2D eigenvalue weighted by Crippen LogP contribution is -2.20. The third kappa shape index (κ3) is 3.95. The molecule has 3 N–H and O–H groups in total. The lowest BCUT2D eigenvalue weighted by atomic mass is 10.2. The number of hydrogen-bond acceptors (Lipinski definition) is 5. The Balaban J connectivity index is 1.95. The minimum Gasteiger partial charge on any atom is -0.399 e. The summed E-state index contributed by atoms with van der Waals surface area (Å²) in [5, 5.41) is 3.61. The minimum atomic E-state index is -4.31. The van der Waals surface area contributed by atoms with Gasteiger partial charge in [0, 0.05) is 17.6 Å². The molecular formula is C12H13F3N4O. The standard InChI is InChI=1S/C12H13F3N4O/c13-12(14,15)6-20-4-3-17-11-9-5-8(16)1-2-10(9)18-7-19-11/h1-2,5,7H,3-4,6,16H2,(H,17,18,19). The lowest BCUT2D eigenvalue weighted by Gasteiger charge is -2.10. The van der Waals surface area contributed by atoms with Crippen molar-refractivity contribution in [1.29, 1.82) is 0 Å². The Morgan fingerprint density at radius 2 is 2.05 bits per heavy atom. The highest BCUT2D eigenvalue weighted by Gasteiger charge is 2.27. The van der Waals surface area contributed by atoms with Gasteiger partial charge in [0.15, 0.2) is 0 Å². The molecule has 0 aliphatic carbocycles. The van der Waals surface area contributed by atoms with Gasteiger partial charge in [-0.1, -0.05) is 0 Å². The Labute approximate surface area is 113 Å². The fourth-order valence-corrected chi connectivity index (χ4v) is 1.64. The molecule has 8 heteroatoms. The van der Waals surface area contributed by atoms with Crippen molar-refractivity contribution < 1.29 is 17.9 Å². The third-order valence-corrected chi connectivity index (χ3v) is 2.46. The average molecular weight is 286 g/mol. The number of nitrogens with zero attached hydrogens (tertiary/aromatic N) is 2. The summed E-state index contributed by atoms with van der Waals surface area (Å²) < 4.78 is 40.1. The van der Waals surface area contributed by atoms with Crippen LogP contribution in [0.1, 0.15) is 0 Å². The van der Waals surface area contributed by atoms with E-state index in [9.17, 15) is 13.2 Å². The van der Waals surface area contributed by atoms with E-state index in [0.717, 1.165) is 0 Å². The maximum atomic E-state index is 11.9. The monoisotopic (exact) mass is 286 g/mol. The summed E-state index contributed by atoms with van der Waals surface area (Å²) in [5.41, 5.74) is 6.94. The van der Waals surface area contributed by atoms with Gasteiger partial charge in [-0.05, 0) is 18.2 Å². The van der Waals surface area contributed by atoms with Gasteiger partial charge in [0.1, 0.15) is 18.8 Å². The van der Waals surface area contributed by atoms with Gasteiger partial charge in [0.25, 0.3) is 0 Å². The van der Waals surface area contributed by atoms with Crippen molar-refractivity contribution in [3.63, 3.8) is 0 Å². The van der Waals surface area contributed by atoms with Crippen LogP contribution in [0.4, 0.5) is 24.7 Å². The smallest absolute Gasteiger partial charge is 0.399 e. The second-order valence-electron chi connectivity index (χ2n) is 4.09. The van der Waals surface area contributed by atoms with Crippen LogP contribution in [0.15, 0.2) is 24.5 Å². The second kappa shape index (κ2) is 5.91. The zero-order chi connectivity index (χ0) is 14.6. The molecule has 0 unspecified atom stereocenters. The van der Waals surface area contributed by atoms with Crippen molar-refractivity contribution in [1.82, 2.24) is 9.97 Å². The molecule has 0 atom stereocenters. The Bertz CT molecular complexity index is 588. The van der Waals surface area contributed by atoms with Crippen LogP contribution >= 0.6 is 0 Å². The van der Waals surface area contributed by atoms with Gasteiger partial charge >= 0.3 is 6.18 Å². The first-order valence-electron chi connectivity index (χ1n) is 5.84. The summed E-state index contributed by atoms with van der Waals surface area (Å²) in [6.07, 6.45) is -2.94. The van der Waals surface area contributed by atoms with E-state index in [0.29, 0.717) is 22.4 Å². The van der Waals surface area contributed by atoms with Crippen LogP contribution in [0, 0.1) is 0 Å². The van der Waals surface area contributed by atoms with Gasteiger partial charge < -0.3 is 15.8 Å². The Morgan fingerprint density at radius 3 is 2.80 bits per heavy atom. The van der Waals surface area contributed by atoms with Crippen molar-refractivity contribution in [2.45, 2.75) is 6.18 Å². The summed E-state index contributed by atoms with van der Waals surface area (Å²) in [6, 6.07) is 5.16. The Hall–Kier alpha value is -2.09. The molecule has 0 fully saturated rings. The number of nitrogens with one attached hydrogen (secondary N) is 1. The molecule has 0 aliphatic heterocycles. The summed E-state index contributed by atoms with van der Waals surface area (Å²) in [4.78, 5) is 8.11. The van der Waals surface area contributed by atoms with Crippen molar-refractivity contribution >= 4 is 22.4 Å². The highest BCUT2D eigenvalue weighted by molar-refractivity contribution is 5.91. The van der Waals surface area contributed by atoms with Gasteiger partial charge in [0.2, 0.25) is 0 Å². The number of benzene rings is 1. The van der Waals surface area contributed by atoms with Crippen LogP contribution in [0.25, 0.3) is 10.9 Å². The number of fused-ring (bicyclic) bond motifs is 1. The van der Waals surface area contributed by atoms with Gasteiger partial charge in [-0.2, -0.15) is 13.2 Å². The highest BCUT2D eigenvalue weighted by Crippen LogP contribution is 2.21. The summed E-state index contributed by atoms with van der Waals surface area (Å²) in [6.45, 7) is -1.13. The fraction of sp³-hybridized carbons (Fsp3) is 0.333. The topological polar surface area (TPSA) is 73.1 Å². The van der Waals surface area contributed by atoms with E-state index in [-0.39, 0.29) is 13.2 Å². The van der Waals surface area contributed by atoms with E-state index >= 15 is 0 Å². The number of rotatable bonds is 5. The lowest BCUT2D eigenvalue weighted by molar-refractivity contribution is -0.172. The van der Waals surface area contributed by atoms with Crippen LogP contribution in [0.5, 0.6) is 0 Å². The number of hydrogen-bond donors (Lipinski definition) is 2. The molecule has 0 bridgehead atoms. The van der Waals surface area contributed by atoms with E-state index in [2.05, 4.69) is 20.0 Å². The molecule has 0 saturated carbocycles. The zero-order valence-electron chi connectivity index (χ0n) is 10.4. The van der Waals surface area contributed by atoms with E-state index < -0.39 is 12.8 Å². The van der Waals surface area contributed by atoms with Crippen LogP contribution in [-0.2, 0) is 4.74 Å². The molecule has 1 aromatic carbocycles. The van der Waals surface area contributed by atoms with E-state index in [1.54, 1.807) is 18.2 Å². The van der Waals surface area contributed by atoms with E-state index in [1.165, 1.54) is 6.33 Å². The second-order valence-corrected chi connectivity index (χ2v) is 4.09. The van der Waals surface area contributed by atoms with Gasteiger partial charge in [0.05, 0.1) is 12.1 Å². The van der Waals surface area contributed by atoms with Gasteiger partial charge in [-0.25, -0.2) is 9.97 Å². The van der Waals surface area contributed by atoms with Crippen LogP contribution < -0.4 is 11.1 Å². The maximum Gasteiger partial charge on any atom is 0.411 e. The van der Waals surface area contributed by atoms with Crippen LogP contribution in [-0.4, -0.2) is 35.9 Å². The molecule has 0 amide bonds. The number of ether oxygens (including phenoxy) is 1. The summed E-state index contributed by atoms with van der Waals surface area (Å²) in [5.74, 6) is 0.512. The zero-order valence-corrected chi connectivity index (χ0v) is 10.4.